The first-order valence-corrected chi connectivity index (χ1v) is 4.35. The van der Waals surface area contributed by atoms with Crippen LogP contribution in [0.15, 0.2) is 24.8 Å². The van der Waals surface area contributed by atoms with Crippen LogP contribution in [0.25, 0.3) is 6.08 Å². The van der Waals surface area contributed by atoms with Crippen molar-refractivity contribution in [2.45, 2.75) is 6.42 Å². The van der Waals surface area contributed by atoms with Crippen LogP contribution in [0.4, 0.5) is 5.69 Å². The molecule has 13 heavy (non-hydrogen) atoms. The fourth-order valence-corrected chi connectivity index (χ4v) is 1.61. The van der Waals surface area contributed by atoms with Gasteiger partial charge in [0.2, 0.25) is 0 Å². The Morgan fingerprint density at radius 3 is 3.08 bits per heavy atom. The largest absolute Gasteiger partial charge is 0.384 e. The highest BCUT2D eigenvalue weighted by Gasteiger charge is 2.17. The molecule has 1 aromatic carbocycles. The number of Topliss-reactive ketones (excluding diaryl/α,β-unsaturated/α-hetero) is 1. The predicted molar refractivity (Wildman–Crippen MR) is 54.0 cm³/mol. The lowest BCUT2D eigenvalue weighted by Gasteiger charge is -2.18. The molecule has 0 aliphatic carbocycles. The number of nitrogens with one attached hydrogen (secondary N) is 1. The van der Waals surface area contributed by atoms with E-state index in [4.69, 9.17) is 0 Å². The van der Waals surface area contributed by atoms with Gasteiger partial charge in [0.15, 0.2) is 5.78 Å². The minimum absolute atomic E-state index is 0.220. The van der Waals surface area contributed by atoms with Crippen LogP contribution in [0, 0.1) is 0 Å². The van der Waals surface area contributed by atoms with Crippen molar-refractivity contribution in [2.24, 2.45) is 0 Å². The van der Waals surface area contributed by atoms with Crippen molar-refractivity contribution in [1.29, 1.82) is 0 Å². The molecule has 0 radical (unpaired) electrons. The van der Waals surface area contributed by atoms with Gasteiger partial charge < -0.3 is 5.32 Å². The molecule has 1 N–H and O–H groups in total. The minimum Gasteiger partial charge on any atom is -0.384 e. The van der Waals surface area contributed by atoms with Crippen molar-refractivity contribution in [3.8, 4) is 0 Å². The van der Waals surface area contributed by atoms with Crippen molar-refractivity contribution in [2.75, 3.05) is 11.9 Å². The molecule has 0 unspecified atom stereocenters. The molecule has 66 valence electrons. The highest BCUT2D eigenvalue weighted by molar-refractivity contribution is 6.04. The van der Waals surface area contributed by atoms with E-state index in [2.05, 4.69) is 11.9 Å². The van der Waals surface area contributed by atoms with Crippen LogP contribution in [0.3, 0.4) is 0 Å². The van der Waals surface area contributed by atoms with E-state index in [9.17, 15) is 4.79 Å². The first kappa shape index (κ1) is 8.05. The molecule has 0 aromatic heterocycles. The van der Waals surface area contributed by atoms with Crippen molar-refractivity contribution >= 4 is 17.5 Å². The molecule has 0 atom stereocenters. The monoisotopic (exact) mass is 173 g/mol. The molecule has 0 saturated carbocycles. The average molecular weight is 173 g/mol. The molecule has 1 aliphatic rings. The number of carbonyl (C=O) groups is 1. The van der Waals surface area contributed by atoms with E-state index in [1.165, 1.54) is 0 Å². The van der Waals surface area contributed by atoms with Crippen LogP contribution in [-0.4, -0.2) is 12.3 Å². The maximum Gasteiger partial charge on any atom is 0.166 e. The van der Waals surface area contributed by atoms with Gasteiger partial charge in [-0.25, -0.2) is 0 Å². The fraction of sp³-hybridized carbons (Fsp3) is 0.182. The SMILES string of the molecule is C=Cc1cccc2c1NCCC2=O. The second kappa shape index (κ2) is 3.05. The Kier molecular flexibility index (Phi) is 1.89. The number of carbonyl (C=O) groups excluding carboxylic acids is 1. The third-order valence-electron chi connectivity index (χ3n) is 2.27. The second-order valence-corrected chi connectivity index (χ2v) is 3.07. The van der Waals surface area contributed by atoms with Gasteiger partial charge in [0.05, 0.1) is 5.69 Å². The number of hydrogen-bond donors (Lipinski definition) is 1. The number of fused-ring (bicyclic) bond motifs is 1. The van der Waals surface area contributed by atoms with Crippen molar-refractivity contribution in [3.63, 3.8) is 0 Å². The van der Waals surface area contributed by atoms with E-state index < -0.39 is 0 Å². The van der Waals surface area contributed by atoms with Gasteiger partial charge in [-0.3, -0.25) is 4.79 Å². The summed E-state index contributed by atoms with van der Waals surface area (Å²) in [4.78, 5) is 11.5. The lowest BCUT2D eigenvalue weighted by molar-refractivity contribution is 0.0983. The minimum atomic E-state index is 0.220. The maximum absolute atomic E-state index is 11.5. The van der Waals surface area contributed by atoms with Crippen molar-refractivity contribution in [1.82, 2.24) is 0 Å². The molecule has 0 bridgehead atoms. The molecule has 1 heterocycles. The van der Waals surface area contributed by atoms with E-state index in [1.807, 2.05) is 18.2 Å². The summed E-state index contributed by atoms with van der Waals surface area (Å²) in [6, 6.07) is 5.70. The smallest absolute Gasteiger partial charge is 0.166 e. The van der Waals surface area contributed by atoms with Crippen molar-refractivity contribution in [3.05, 3.63) is 35.9 Å². The molecular weight excluding hydrogens is 162 g/mol. The zero-order valence-corrected chi connectivity index (χ0v) is 7.34. The lowest BCUT2D eigenvalue weighted by Crippen LogP contribution is -2.18. The summed E-state index contributed by atoms with van der Waals surface area (Å²) in [5.41, 5.74) is 2.74. The molecule has 0 spiro atoms. The highest BCUT2D eigenvalue weighted by Crippen LogP contribution is 2.26. The second-order valence-electron chi connectivity index (χ2n) is 3.07. The van der Waals surface area contributed by atoms with Crippen LogP contribution in [0.1, 0.15) is 22.3 Å². The highest BCUT2D eigenvalue weighted by atomic mass is 16.1. The molecule has 2 nitrogen and oxygen atoms in total. The van der Waals surface area contributed by atoms with E-state index in [0.29, 0.717) is 6.42 Å². The Balaban J connectivity index is 2.60. The van der Waals surface area contributed by atoms with Crippen LogP contribution >= 0.6 is 0 Å². The summed E-state index contributed by atoms with van der Waals surface area (Å²) in [6.07, 6.45) is 2.36. The number of anilines is 1. The first-order valence-electron chi connectivity index (χ1n) is 4.35. The molecule has 2 heteroatoms. The summed E-state index contributed by atoms with van der Waals surface area (Å²) < 4.78 is 0. The predicted octanol–water partition coefficient (Wildman–Crippen LogP) is 2.33. The molecule has 1 aliphatic heterocycles. The van der Waals surface area contributed by atoms with Gasteiger partial charge in [-0.05, 0) is 11.6 Å². The number of rotatable bonds is 1. The number of para-hydroxylation sites is 1. The van der Waals surface area contributed by atoms with Gasteiger partial charge in [0, 0.05) is 18.5 Å². The Morgan fingerprint density at radius 2 is 2.31 bits per heavy atom. The van der Waals surface area contributed by atoms with Gasteiger partial charge >= 0.3 is 0 Å². The summed E-state index contributed by atoms with van der Waals surface area (Å²) in [5.74, 6) is 0.220. The van der Waals surface area contributed by atoms with Crippen LogP contribution in [-0.2, 0) is 0 Å². The number of hydrogen-bond acceptors (Lipinski definition) is 2. The third kappa shape index (κ3) is 1.24. The Morgan fingerprint density at radius 1 is 1.46 bits per heavy atom. The average Bonchev–Trinajstić information content (AvgIpc) is 2.18. The van der Waals surface area contributed by atoms with E-state index in [0.717, 1.165) is 23.4 Å². The number of ketones is 1. The molecule has 0 fully saturated rings. The number of benzene rings is 1. The standard InChI is InChI=1S/C11H11NO/c1-2-8-4-3-5-9-10(13)6-7-12-11(8)9/h2-5,12H,1,6-7H2. The zero-order chi connectivity index (χ0) is 9.26. The first-order chi connectivity index (χ1) is 6.33. The molecule has 0 amide bonds. The quantitative estimate of drug-likeness (QED) is 0.706. The van der Waals surface area contributed by atoms with Crippen LogP contribution in [0.5, 0.6) is 0 Å². The van der Waals surface area contributed by atoms with Gasteiger partial charge in [0.1, 0.15) is 0 Å². The summed E-state index contributed by atoms with van der Waals surface area (Å²) in [6.45, 7) is 4.45. The van der Waals surface area contributed by atoms with Gasteiger partial charge in [0.25, 0.3) is 0 Å². The van der Waals surface area contributed by atoms with Crippen molar-refractivity contribution < 1.29 is 4.79 Å². The normalized spacial score (nSPS) is 14.6. The van der Waals surface area contributed by atoms with E-state index in [-0.39, 0.29) is 5.78 Å². The Labute approximate surface area is 77.3 Å². The van der Waals surface area contributed by atoms with Gasteiger partial charge in [-0.1, -0.05) is 24.8 Å². The molecule has 1 aromatic rings. The van der Waals surface area contributed by atoms with E-state index >= 15 is 0 Å². The maximum atomic E-state index is 11.5. The summed E-state index contributed by atoms with van der Waals surface area (Å²) in [7, 11) is 0. The Bertz CT molecular complexity index is 368. The fourth-order valence-electron chi connectivity index (χ4n) is 1.61. The van der Waals surface area contributed by atoms with Crippen LogP contribution in [0.2, 0.25) is 0 Å². The van der Waals surface area contributed by atoms with E-state index in [1.54, 1.807) is 6.08 Å². The summed E-state index contributed by atoms with van der Waals surface area (Å²) >= 11 is 0. The summed E-state index contributed by atoms with van der Waals surface area (Å²) in [5, 5.41) is 3.22. The Hall–Kier alpha value is -1.57. The van der Waals surface area contributed by atoms with Gasteiger partial charge in [-0.2, -0.15) is 0 Å². The molecule has 2 rings (SSSR count). The zero-order valence-electron chi connectivity index (χ0n) is 7.34. The van der Waals surface area contributed by atoms with Crippen LogP contribution < -0.4 is 5.32 Å². The topological polar surface area (TPSA) is 29.1 Å². The lowest BCUT2D eigenvalue weighted by atomic mass is 9.98. The molecule has 0 saturated heterocycles. The molecular formula is C11H11NO. The van der Waals surface area contributed by atoms with Gasteiger partial charge in [-0.15, -0.1) is 0 Å². The third-order valence-corrected chi connectivity index (χ3v) is 2.27.